The third-order valence-electron chi connectivity index (χ3n) is 4.43. The summed E-state index contributed by atoms with van der Waals surface area (Å²) in [6.45, 7) is 6.42. The molecule has 0 bridgehead atoms. The number of aromatic carboxylic acids is 1. The number of carbonyl (C=O) groups is 1. The van der Waals surface area contributed by atoms with E-state index in [4.69, 9.17) is 5.11 Å². The van der Waals surface area contributed by atoms with Gasteiger partial charge in [-0.3, -0.25) is 0 Å². The summed E-state index contributed by atoms with van der Waals surface area (Å²) in [7, 11) is 0. The number of rotatable bonds is 4. The Morgan fingerprint density at radius 2 is 2.04 bits per heavy atom. The van der Waals surface area contributed by atoms with Crippen LogP contribution >= 0.6 is 0 Å². The number of nitriles is 1. The molecule has 3 aromatic rings. The third kappa shape index (κ3) is 2.54. The lowest BCUT2D eigenvalue weighted by Gasteiger charge is -2.19. The van der Waals surface area contributed by atoms with Crippen molar-refractivity contribution in [1.29, 1.82) is 5.26 Å². The summed E-state index contributed by atoms with van der Waals surface area (Å²) in [6, 6.07) is 8.21. The molecule has 24 heavy (non-hydrogen) atoms. The maximum Gasteiger partial charge on any atom is 0.338 e. The first-order chi connectivity index (χ1) is 11.4. The smallest absolute Gasteiger partial charge is 0.338 e. The highest BCUT2D eigenvalue weighted by atomic mass is 16.4. The quantitative estimate of drug-likeness (QED) is 0.795. The second kappa shape index (κ2) is 5.85. The molecule has 0 aliphatic carbocycles. The molecule has 6 heteroatoms. The average molecular weight is 322 g/mol. The zero-order chi connectivity index (χ0) is 17.4. The maximum absolute atomic E-state index is 11.0. The van der Waals surface area contributed by atoms with E-state index in [0.29, 0.717) is 11.5 Å². The van der Waals surface area contributed by atoms with Crippen LogP contribution in [-0.2, 0) is 0 Å². The van der Waals surface area contributed by atoms with E-state index >= 15 is 0 Å². The molecule has 0 aliphatic rings. The van der Waals surface area contributed by atoms with Crippen LogP contribution < -0.4 is 0 Å². The van der Waals surface area contributed by atoms with E-state index < -0.39 is 5.97 Å². The van der Waals surface area contributed by atoms with Gasteiger partial charge < -0.3 is 9.67 Å². The van der Waals surface area contributed by atoms with Crippen molar-refractivity contribution in [1.82, 2.24) is 14.3 Å². The molecule has 1 atom stereocenters. The fourth-order valence-corrected chi connectivity index (χ4v) is 2.71. The van der Waals surface area contributed by atoms with Crippen molar-refractivity contribution < 1.29 is 9.90 Å². The predicted octanol–water partition coefficient (Wildman–Crippen LogP) is 3.61. The molecule has 2 aromatic heterocycles. The van der Waals surface area contributed by atoms with Crippen molar-refractivity contribution in [2.45, 2.75) is 26.8 Å². The molecule has 0 amide bonds. The number of carboxylic acid groups (broad SMARTS) is 1. The van der Waals surface area contributed by atoms with Gasteiger partial charge in [-0.05, 0) is 31.0 Å². The number of hydrogen-bond donors (Lipinski definition) is 1. The molecule has 1 N–H and O–H groups in total. The van der Waals surface area contributed by atoms with Gasteiger partial charge in [-0.15, -0.1) is 0 Å². The first-order valence-corrected chi connectivity index (χ1v) is 7.75. The van der Waals surface area contributed by atoms with Gasteiger partial charge in [-0.2, -0.15) is 10.4 Å². The lowest BCUT2D eigenvalue weighted by molar-refractivity contribution is 0.0697. The Hall–Kier alpha value is -3.07. The van der Waals surface area contributed by atoms with Crippen LogP contribution in [0.4, 0.5) is 0 Å². The number of benzene rings is 1. The van der Waals surface area contributed by atoms with Gasteiger partial charge in [0.1, 0.15) is 6.07 Å². The Morgan fingerprint density at radius 3 is 2.62 bits per heavy atom. The molecule has 3 rings (SSSR count). The Bertz CT molecular complexity index is 959. The molecule has 1 unspecified atom stereocenters. The highest BCUT2D eigenvalue weighted by Gasteiger charge is 2.16. The van der Waals surface area contributed by atoms with E-state index in [1.54, 1.807) is 0 Å². The summed E-state index contributed by atoms with van der Waals surface area (Å²) < 4.78 is 3.63. The van der Waals surface area contributed by atoms with Crippen LogP contribution in [0, 0.1) is 17.2 Å². The normalized spacial score (nSPS) is 12.5. The number of fused-ring (bicyclic) bond motifs is 1. The van der Waals surface area contributed by atoms with E-state index in [0.717, 1.165) is 16.6 Å². The molecule has 0 aliphatic heterocycles. The second-order valence-corrected chi connectivity index (χ2v) is 6.23. The highest BCUT2D eigenvalue weighted by molar-refractivity contribution is 5.89. The Kier molecular flexibility index (Phi) is 3.86. The molecule has 0 saturated carbocycles. The van der Waals surface area contributed by atoms with Crippen molar-refractivity contribution in [3.8, 4) is 11.8 Å². The largest absolute Gasteiger partial charge is 0.478 e. The lowest BCUT2D eigenvalue weighted by Crippen LogP contribution is -2.10. The molecule has 0 saturated heterocycles. The molecule has 6 nitrogen and oxygen atoms in total. The number of carboxylic acids is 1. The van der Waals surface area contributed by atoms with Crippen molar-refractivity contribution in [2.75, 3.05) is 0 Å². The van der Waals surface area contributed by atoms with E-state index in [1.165, 1.54) is 17.1 Å². The summed E-state index contributed by atoms with van der Waals surface area (Å²) in [5.74, 6) is -0.576. The standard InChI is InChI=1S/C18H18N4O2/c1-11(2)12(3)21-9-13(7-19)16-6-15(4-5-17(16)21)22-10-14(8-20-22)18(23)24/h4-6,8-12H,1-3H3,(H,23,24). The maximum atomic E-state index is 11.0. The SMILES string of the molecule is CC(C)C(C)n1cc(C#N)c2cc(-n3cc(C(=O)O)cn3)ccc21. The Balaban J connectivity index is 2.14. The van der Waals surface area contributed by atoms with Gasteiger partial charge in [0.2, 0.25) is 0 Å². The minimum absolute atomic E-state index is 0.126. The van der Waals surface area contributed by atoms with Crippen molar-refractivity contribution >= 4 is 16.9 Å². The minimum atomic E-state index is -1.02. The molecule has 1 aromatic carbocycles. The Morgan fingerprint density at radius 1 is 1.29 bits per heavy atom. The van der Waals surface area contributed by atoms with Crippen LogP contribution in [0.25, 0.3) is 16.6 Å². The van der Waals surface area contributed by atoms with Crippen LogP contribution in [0.3, 0.4) is 0 Å². The van der Waals surface area contributed by atoms with Gasteiger partial charge in [0, 0.05) is 29.3 Å². The average Bonchev–Trinajstić information content (AvgIpc) is 3.18. The zero-order valence-electron chi connectivity index (χ0n) is 13.8. The molecule has 2 heterocycles. The van der Waals surface area contributed by atoms with Crippen molar-refractivity contribution in [3.63, 3.8) is 0 Å². The third-order valence-corrected chi connectivity index (χ3v) is 4.43. The second-order valence-electron chi connectivity index (χ2n) is 6.23. The van der Waals surface area contributed by atoms with Gasteiger partial charge in [0.25, 0.3) is 0 Å². The monoisotopic (exact) mass is 322 g/mol. The first-order valence-electron chi connectivity index (χ1n) is 7.75. The van der Waals surface area contributed by atoms with E-state index in [1.807, 2.05) is 24.4 Å². The predicted molar refractivity (Wildman–Crippen MR) is 90.3 cm³/mol. The number of aromatic nitrogens is 3. The van der Waals surface area contributed by atoms with Crippen LogP contribution in [0.15, 0.2) is 36.8 Å². The molecule has 0 fully saturated rings. The Labute approximate surface area is 139 Å². The van der Waals surface area contributed by atoms with Crippen molar-refractivity contribution in [3.05, 3.63) is 47.9 Å². The van der Waals surface area contributed by atoms with Gasteiger partial charge in [-0.1, -0.05) is 13.8 Å². The van der Waals surface area contributed by atoms with Gasteiger partial charge >= 0.3 is 5.97 Å². The highest BCUT2D eigenvalue weighted by Crippen LogP contribution is 2.29. The van der Waals surface area contributed by atoms with Gasteiger partial charge in [0.15, 0.2) is 0 Å². The number of hydrogen-bond acceptors (Lipinski definition) is 3. The summed E-state index contributed by atoms with van der Waals surface area (Å²) in [4.78, 5) is 11.0. The van der Waals surface area contributed by atoms with E-state index in [-0.39, 0.29) is 11.6 Å². The first kappa shape index (κ1) is 15.8. The number of nitrogens with zero attached hydrogens (tertiary/aromatic N) is 4. The van der Waals surface area contributed by atoms with Crippen molar-refractivity contribution in [2.24, 2.45) is 5.92 Å². The molecular weight excluding hydrogens is 304 g/mol. The fourth-order valence-electron chi connectivity index (χ4n) is 2.71. The molecular formula is C18H18N4O2. The molecule has 122 valence electrons. The van der Waals surface area contributed by atoms with Crippen LogP contribution in [-0.4, -0.2) is 25.4 Å². The summed E-state index contributed by atoms with van der Waals surface area (Å²) in [6.07, 6.45) is 4.65. The molecule has 0 radical (unpaired) electrons. The van der Waals surface area contributed by atoms with Gasteiger partial charge in [-0.25, -0.2) is 9.48 Å². The van der Waals surface area contributed by atoms with Crippen LogP contribution in [0.1, 0.15) is 42.7 Å². The zero-order valence-corrected chi connectivity index (χ0v) is 13.8. The lowest BCUT2D eigenvalue weighted by atomic mass is 10.1. The minimum Gasteiger partial charge on any atom is -0.478 e. The van der Waals surface area contributed by atoms with Gasteiger partial charge in [0.05, 0.1) is 23.0 Å². The van der Waals surface area contributed by atoms with E-state index in [2.05, 4.69) is 36.5 Å². The summed E-state index contributed by atoms with van der Waals surface area (Å²) in [5, 5.41) is 23.4. The topological polar surface area (TPSA) is 83.8 Å². The van der Waals surface area contributed by atoms with E-state index in [9.17, 15) is 10.1 Å². The fraction of sp³-hybridized carbons (Fsp3) is 0.278. The van der Waals surface area contributed by atoms with Crippen LogP contribution in [0.2, 0.25) is 0 Å². The summed E-state index contributed by atoms with van der Waals surface area (Å²) in [5.41, 5.74) is 2.44. The van der Waals surface area contributed by atoms with Crippen LogP contribution in [0.5, 0.6) is 0 Å². The molecule has 0 spiro atoms. The summed E-state index contributed by atoms with van der Waals surface area (Å²) >= 11 is 0.